The quantitative estimate of drug-likeness (QED) is 0.480. The van der Waals surface area contributed by atoms with Crippen molar-refractivity contribution >= 4 is 29.3 Å². The molecule has 0 unspecified atom stereocenters. The fourth-order valence-electron chi connectivity index (χ4n) is 3.57. The van der Waals surface area contributed by atoms with E-state index < -0.39 is 5.60 Å². The minimum atomic E-state index is -0.522. The molecular formula is C26H39N9O3. The molecule has 0 aliphatic carbocycles. The molecule has 3 heterocycles. The van der Waals surface area contributed by atoms with E-state index in [1.807, 2.05) is 54.5 Å². The highest BCUT2D eigenvalue weighted by molar-refractivity contribution is 5.98. The molecule has 0 spiro atoms. The maximum atomic E-state index is 12.7. The molecule has 1 aliphatic rings. The lowest BCUT2D eigenvalue weighted by Crippen LogP contribution is -2.42. The molecule has 206 valence electrons. The standard InChI is InChI=1S/C24H33N9O3.C2H6/c1-15(2)29-22(34)21-18(10-19(31-32-21)30-20-14-26-17(11-25)13-28-20)27-12-16-6-8-33(9-7-16)23(35)36-24(3,4)5;1-2/h10,13-16H,6-9,12H2,1-5H3,(H,29,34)(H2,27,28,30,31);1-2H3. The first-order valence-electron chi connectivity index (χ1n) is 12.9. The van der Waals surface area contributed by atoms with Gasteiger partial charge in [0, 0.05) is 31.7 Å². The lowest BCUT2D eigenvalue weighted by molar-refractivity contribution is 0.0188. The van der Waals surface area contributed by atoms with E-state index in [0.29, 0.717) is 42.9 Å². The number of carbonyl (C=O) groups excluding carboxylic acids is 2. The number of hydrogen-bond donors (Lipinski definition) is 3. The molecule has 1 saturated heterocycles. The fourth-order valence-corrected chi connectivity index (χ4v) is 3.57. The van der Waals surface area contributed by atoms with Crippen LogP contribution in [0.5, 0.6) is 0 Å². The number of ether oxygens (including phenoxy) is 1. The van der Waals surface area contributed by atoms with E-state index in [2.05, 4.69) is 36.1 Å². The molecule has 0 saturated carbocycles. The SMILES string of the molecule is CC.CC(C)NC(=O)c1nnc(Nc2cnc(C#N)cn2)cc1NCC1CCN(C(=O)OC(C)(C)C)CC1. The highest BCUT2D eigenvalue weighted by Gasteiger charge is 2.27. The van der Waals surface area contributed by atoms with Gasteiger partial charge in [-0.25, -0.2) is 14.8 Å². The fraction of sp³-hybridized carbons (Fsp3) is 0.577. The molecule has 0 aromatic carbocycles. The zero-order valence-corrected chi connectivity index (χ0v) is 23.3. The van der Waals surface area contributed by atoms with Gasteiger partial charge in [-0.15, -0.1) is 10.2 Å². The number of nitrogens with one attached hydrogen (secondary N) is 3. The molecule has 0 radical (unpaired) electrons. The van der Waals surface area contributed by atoms with Crippen LogP contribution in [0, 0.1) is 17.2 Å². The van der Waals surface area contributed by atoms with Crippen molar-refractivity contribution in [3.8, 4) is 6.07 Å². The summed E-state index contributed by atoms with van der Waals surface area (Å²) in [6.45, 7) is 15.1. The van der Waals surface area contributed by atoms with Gasteiger partial charge in [-0.3, -0.25) is 4.79 Å². The van der Waals surface area contributed by atoms with Gasteiger partial charge in [0.15, 0.2) is 17.2 Å². The number of aromatic nitrogens is 4. The molecule has 3 N–H and O–H groups in total. The number of nitriles is 1. The lowest BCUT2D eigenvalue weighted by atomic mass is 9.97. The topological polar surface area (TPSA) is 158 Å². The summed E-state index contributed by atoms with van der Waals surface area (Å²) in [5, 5.41) is 26.3. The van der Waals surface area contributed by atoms with Crippen molar-refractivity contribution in [2.75, 3.05) is 30.3 Å². The number of rotatable bonds is 7. The Balaban J connectivity index is 0.00000247. The van der Waals surface area contributed by atoms with E-state index >= 15 is 0 Å². The molecule has 0 atom stereocenters. The first-order valence-corrected chi connectivity index (χ1v) is 12.9. The molecule has 38 heavy (non-hydrogen) atoms. The molecule has 1 aliphatic heterocycles. The largest absolute Gasteiger partial charge is 0.444 e. The third-order valence-corrected chi connectivity index (χ3v) is 5.30. The van der Waals surface area contributed by atoms with Gasteiger partial charge in [-0.2, -0.15) is 5.26 Å². The third kappa shape index (κ3) is 9.46. The molecule has 1 fully saturated rings. The number of amides is 2. The molecule has 2 amide bonds. The first kappa shape index (κ1) is 30.2. The summed E-state index contributed by atoms with van der Waals surface area (Å²) in [5.74, 6) is 0.739. The number of piperidine rings is 1. The van der Waals surface area contributed by atoms with Gasteiger partial charge < -0.3 is 25.6 Å². The predicted octanol–water partition coefficient (Wildman–Crippen LogP) is 4.11. The van der Waals surface area contributed by atoms with Gasteiger partial charge in [-0.05, 0) is 53.4 Å². The second-order valence-electron chi connectivity index (χ2n) is 9.94. The zero-order chi connectivity index (χ0) is 28.3. The van der Waals surface area contributed by atoms with Crippen molar-refractivity contribution < 1.29 is 14.3 Å². The Kier molecular flexibility index (Phi) is 11.2. The van der Waals surface area contributed by atoms with Crippen molar-refractivity contribution in [3.63, 3.8) is 0 Å². The van der Waals surface area contributed by atoms with E-state index in [-0.39, 0.29) is 29.4 Å². The smallest absolute Gasteiger partial charge is 0.410 e. The summed E-state index contributed by atoms with van der Waals surface area (Å²) < 4.78 is 5.47. The second-order valence-corrected chi connectivity index (χ2v) is 9.94. The average molecular weight is 526 g/mol. The van der Waals surface area contributed by atoms with Crippen molar-refractivity contribution in [3.05, 3.63) is 29.8 Å². The summed E-state index contributed by atoms with van der Waals surface area (Å²) in [6, 6.07) is 3.55. The summed E-state index contributed by atoms with van der Waals surface area (Å²) in [4.78, 5) is 34.9. The van der Waals surface area contributed by atoms with Crippen LogP contribution in [-0.4, -0.2) is 68.3 Å². The number of nitrogens with zero attached hydrogens (tertiary/aromatic N) is 6. The lowest BCUT2D eigenvalue weighted by Gasteiger charge is -2.33. The Labute approximate surface area is 224 Å². The van der Waals surface area contributed by atoms with E-state index in [1.165, 1.54) is 12.4 Å². The van der Waals surface area contributed by atoms with Crippen LogP contribution in [0.2, 0.25) is 0 Å². The molecule has 2 aromatic heterocycles. The second kappa shape index (κ2) is 14.1. The van der Waals surface area contributed by atoms with Gasteiger partial charge in [0.2, 0.25) is 0 Å². The van der Waals surface area contributed by atoms with E-state index in [4.69, 9.17) is 10.00 Å². The predicted molar refractivity (Wildman–Crippen MR) is 145 cm³/mol. The minimum Gasteiger partial charge on any atom is -0.444 e. The summed E-state index contributed by atoms with van der Waals surface area (Å²) in [6.07, 6.45) is 4.10. The molecule has 3 rings (SSSR count). The van der Waals surface area contributed by atoms with Gasteiger partial charge in [-0.1, -0.05) is 13.8 Å². The Morgan fingerprint density at radius 3 is 2.37 bits per heavy atom. The summed E-state index contributed by atoms with van der Waals surface area (Å²) >= 11 is 0. The van der Waals surface area contributed by atoms with Crippen LogP contribution in [0.25, 0.3) is 0 Å². The minimum absolute atomic E-state index is 0.0592. The maximum absolute atomic E-state index is 12.7. The Hall–Kier alpha value is -4.01. The third-order valence-electron chi connectivity index (χ3n) is 5.30. The summed E-state index contributed by atoms with van der Waals surface area (Å²) in [7, 11) is 0. The van der Waals surface area contributed by atoms with Crippen LogP contribution in [0.4, 0.5) is 22.1 Å². The number of carbonyl (C=O) groups is 2. The summed E-state index contributed by atoms with van der Waals surface area (Å²) in [5.41, 5.74) is 0.395. The van der Waals surface area contributed by atoms with Crippen LogP contribution < -0.4 is 16.0 Å². The molecule has 2 aromatic rings. The molecule has 0 bridgehead atoms. The Morgan fingerprint density at radius 1 is 1.13 bits per heavy atom. The van der Waals surface area contributed by atoms with Crippen molar-refractivity contribution in [1.29, 1.82) is 5.26 Å². The van der Waals surface area contributed by atoms with Gasteiger partial charge in [0.25, 0.3) is 5.91 Å². The number of likely N-dealkylation sites (tertiary alicyclic amines) is 1. The Bertz CT molecular complexity index is 1100. The Morgan fingerprint density at radius 2 is 1.82 bits per heavy atom. The van der Waals surface area contributed by atoms with Crippen LogP contribution in [0.1, 0.15) is 77.5 Å². The van der Waals surface area contributed by atoms with Crippen molar-refractivity contribution in [2.24, 2.45) is 5.92 Å². The van der Waals surface area contributed by atoms with Crippen LogP contribution in [0.15, 0.2) is 18.5 Å². The van der Waals surface area contributed by atoms with Crippen LogP contribution in [-0.2, 0) is 4.74 Å². The highest BCUT2D eigenvalue weighted by atomic mass is 16.6. The first-order chi connectivity index (χ1) is 18.0. The monoisotopic (exact) mass is 525 g/mol. The van der Waals surface area contributed by atoms with Gasteiger partial charge in [0.1, 0.15) is 17.5 Å². The molecule has 12 heteroatoms. The zero-order valence-electron chi connectivity index (χ0n) is 23.3. The average Bonchev–Trinajstić information content (AvgIpc) is 2.88. The van der Waals surface area contributed by atoms with Crippen molar-refractivity contribution in [1.82, 2.24) is 30.4 Å². The van der Waals surface area contributed by atoms with E-state index in [0.717, 1.165) is 12.8 Å². The number of hydrogen-bond acceptors (Lipinski definition) is 10. The van der Waals surface area contributed by atoms with Crippen LogP contribution >= 0.6 is 0 Å². The maximum Gasteiger partial charge on any atom is 0.410 e. The van der Waals surface area contributed by atoms with Crippen molar-refractivity contribution in [2.45, 2.75) is 73.0 Å². The molecular weight excluding hydrogens is 486 g/mol. The van der Waals surface area contributed by atoms with Gasteiger partial charge >= 0.3 is 6.09 Å². The van der Waals surface area contributed by atoms with E-state index in [1.54, 1.807) is 11.0 Å². The number of anilines is 3. The van der Waals surface area contributed by atoms with Crippen LogP contribution in [0.3, 0.4) is 0 Å². The molecule has 12 nitrogen and oxygen atoms in total. The van der Waals surface area contributed by atoms with Gasteiger partial charge in [0.05, 0.1) is 18.1 Å². The highest BCUT2D eigenvalue weighted by Crippen LogP contribution is 2.23. The normalized spacial score (nSPS) is 13.6. The van der Waals surface area contributed by atoms with E-state index in [9.17, 15) is 9.59 Å².